The molecular formula is C19H19ClF3NO2. The van der Waals surface area contributed by atoms with Crippen molar-refractivity contribution in [3.8, 4) is 11.1 Å². The van der Waals surface area contributed by atoms with Crippen molar-refractivity contribution in [1.29, 1.82) is 0 Å². The zero-order valence-electron chi connectivity index (χ0n) is 14.3. The normalized spacial score (nSPS) is 19.1. The molecule has 0 saturated carbocycles. The van der Waals surface area contributed by atoms with Gasteiger partial charge >= 0.3 is 12.3 Å². The van der Waals surface area contributed by atoms with Crippen LogP contribution in [0.2, 0.25) is 0 Å². The first-order valence-electron chi connectivity index (χ1n) is 7.88. The Bertz CT molecular complexity index is 771. The van der Waals surface area contributed by atoms with E-state index in [1.165, 1.54) is 12.1 Å². The Balaban J connectivity index is 0.00000243. The molecule has 1 fully saturated rings. The number of hydrogen-bond donors (Lipinski definition) is 1. The van der Waals surface area contributed by atoms with E-state index in [9.17, 15) is 18.0 Å². The van der Waals surface area contributed by atoms with Gasteiger partial charge in [0.05, 0.1) is 11.6 Å². The molecule has 2 aromatic rings. The number of carbonyl (C=O) groups excluding carboxylic acids is 1. The van der Waals surface area contributed by atoms with Crippen molar-refractivity contribution in [2.75, 3.05) is 6.61 Å². The lowest BCUT2D eigenvalue weighted by atomic mass is 9.80. The summed E-state index contributed by atoms with van der Waals surface area (Å²) >= 11 is 0. The van der Waals surface area contributed by atoms with Crippen molar-refractivity contribution in [3.05, 3.63) is 59.7 Å². The van der Waals surface area contributed by atoms with Gasteiger partial charge in [0.25, 0.3) is 0 Å². The number of alkyl carbamates (subject to hydrolysis) is 1. The van der Waals surface area contributed by atoms with E-state index in [0.717, 1.165) is 23.3 Å². The maximum Gasteiger partial charge on any atom is 0.416 e. The van der Waals surface area contributed by atoms with Gasteiger partial charge in [-0.05, 0) is 28.8 Å². The minimum atomic E-state index is -4.34. The summed E-state index contributed by atoms with van der Waals surface area (Å²) < 4.78 is 43.0. The molecular weight excluding hydrogens is 367 g/mol. The standard InChI is InChI=1S/C19H18F3NO2.ClH/c1-18(2)11-25-17(24)23-16(18)14-5-3-12(4-6-14)13-7-9-15(10-8-13)19(20,21)22;/h3-10,16H,11H2,1-2H3,(H,23,24);1H/t16-;/m1./s1. The second-order valence-electron chi connectivity index (χ2n) is 6.84. The van der Waals surface area contributed by atoms with Crippen LogP contribution in [0.15, 0.2) is 48.5 Å². The monoisotopic (exact) mass is 385 g/mol. The molecule has 3 nitrogen and oxygen atoms in total. The van der Waals surface area contributed by atoms with Crippen molar-refractivity contribution in [1.82, 2.24) is 5.32 Å². The molecule has 0 radical (unpaired) electrons. The molecule has 1 amide bonds. The maximum atomic E-state index is 12.6. The van der Waals surface area contributed by atoms with E-state index in [4.69, 9.17) is 4.74 Å². The van der Waals surface area contributed by atoms with Crippen LogP contribution in [0.3, 0.4) is 0 Å². The fraction of sp³-hybridized carbons (Fsp3) is 0.316. The van der Waals surface area contributed by atoms with Gasteiger partial charge in [0.15, 0.2) is 0 Å². The highest BCUT2D eigenvalue weighted by molar-refractivity contribution is 5.85. The molecule has 0 aromatic heterocycles. The van der Waals surface area contributed by atoms with Crippen molar-refractivity contribution < 1.29 is 22.7 Å². The lowest BCUT2D eigenvalue weighted by Gasteiger charge is -2.38. The van der Waals surface area contributed by atoms with E-state index in [2.05, 4.69) is 5.32 Å². The zero-order chi connectivity index (χ0) is 18.2. The van der Waals surface area contributed by atoms with Crippen LogP contribution in [-0.2, 0) is 10.9 Å². The van der Waals surface area contributed by atoms with E-state index in [1.807, 2.05) is 38.1 Å². The first kappa shape index (κ1) is 20.1. The second kappa shape index (κ2) is 7.19. The third kappa shape index (κ3) is 4.12. The predicted octanol–water partition coefficient (Wildman–Crippen LogP) is 5.60. The number of carbonyl (C=O) groups is 1. The van der Waals surface area contributed by atoms with E-state index in [-0.39, 0.29) is 23.9 Å². The number of benzene rings is 2. The van der Waals surface area contributed by atoms with Gasteiger partial charge in [-0.3, -0.25) is 0 Å². The molecule has 1 heterocycles. The van der Waals surface area contributed by atoms with Gasteiger partial charge in [0.2, 0.25) is 0 Å². The summed E-state index contributed by atoms with van der Waals surface area (Å²) in [5, 5.41) is 2.82. The van der Waals surface area contributed by atoms with Crippen LogP contribution in [-0.4, -0.2) is 12.7 Å². The van der Waals surface area contributed by atoms with Crippen molar-refractivity contribution >= 4 is 18.5 Å². The Morgan fingerprint density at radius 2 is 1.50 bits per heavy atom. The minimum Gasteiger partial charge on any atom is -0.449 e. The molecule has 1 saturated heterocycles. The second-order valence-corrected chi connectivity index (χ2v) is 6.84. The molecule has 1 N–H and O–H groups in total. The average molecular weight is 386 g/mol. The number of rotatable bonds is 2. The summed E-state index contributed by atoms with van der Waals surface area (Å²) in [7, 11) is 0. The highest BCUT2D eigenvalue weighted by Gasteiger charge is 2.37. The van der Waals surface area contributed by atoms with Crippen molar-refractivity contribution in [2.45, 2.75) is 26.1 Å². The highest BCUT2D eigenvalue weighted by atomic mass is 35.5. The largest absolute Gasteiger partial charge is 0.449 e. The average Bonchev–Trinajstić information content (AvgIpc) is 2.57. The van der Waals surface area contributed by atoms with E-state index in [1.54, 1.807) is 0 Å². The number of amides is 1. The van der Waals surface area contributed by atoms with Crippen LogP contribution in [0.1, 0.15) is 31.0 Å². The first-order chi connectivity index (χ1) is 11.7. The minimum absolute atomic E-state index is 0. The highest BCUT2D eigenvalue weighted by Crippen LogP contribution is 2.37. The number of hydrogen-bond acceptors (Lipinski definition) is 2. The molecule has 1 aliphatic rings. The molecule has 140 valence electrons. The number of ether oxygens (including phenoxy) is 1. The number of cyclic esters (lactones) is 1. The summed E-state index contributed by atoms with van der Waals surface area (Å²) in [6.45, 7) is 4.33. The first-order valence-corrected chi connectivity index (χ1v) is 7.88. The topological polar surface area (TPSA) is 38.3 Å². The quantitative estimate of drug-likeness (QED) is 0.730. The Morgan fingerprint density at radius 1 is 1.00 bits per heavy atom. The van der Waals surface area contributed by atoms with Gasteiger partial charge in [-0.2, -0.15) is 13.2 Å². The summed E-state index contributed by atoms with van der Waals surface area (Å²) in [6, 6.07) is 12.3. The third-order valence-corrected chi connectivity index (χ3v) is 4.41. The lowest BCUT2D eigenvalue weighted by Crippen LogP contribution is -2.46. The van der Waals surface area contributed by atoms with Gasteiger partial charge < -0.3 is 10.1 Å². The Kier molecular flexibility index (Phi) is 5.56. The molecule has 0 bridgehead atoms. The molecule has 3 rings (SSSR count). The van der Waals surface area contributed by atoms with Crippen LogP contribution in [0.5, 0.6) is 0 Å². The van der Waals surface area contributed by atoms with Crippen LogP contribution in [0, 0.1) is 5.41 Å². The van der Waals surface area contributed by atoms with Gasteiger partial charge in [-0.15, -0.1) is 12.4 Å². The van der Waals surface area contributed by atoms with Crippen LogP contribution in [0.4, 0.5) is 18.0 Å². The summed E-state index contributed by atoms with van der Waals surface area (Å²) in [5.74, 6) is 0. The third-order valence-electron chi connectivity index (χ3n) is 4.41. The van der Waals surface area contributed by atoms with Crippen LogP contribution in [0.25, 0.3) is 11.1 Å². The Labute approximate surface area is 156 Å². The van der Waals surface area contributed by atoms with Gasteiger partial charge in [0.1, 0.15) is 6.61 Å². The van der Waals surface area contributed by atoms with E-state index < -0.39 is 17.8 Å². The zero-order valence-corrected chi connectivity index (χ0v) is 15.1. The fourth-order valence-corrected chi connectivity index (χ4v) is 2.94. The molecule has 26 heavy (non-hydrogen) atoms. The Hall–Kier alpha value is -2.21. The molecule has 0 aliphatic carbocycles. The molecule has 0 spiro atoms. The summed E-state index contributed by atoms with van der Waals surface area (Å²) in [5.41, 5.74) is 1.52. The molecule has 7 heteroatoms. The molecule has 1 aliphatic heterocycles. The predicted molar refractivity (Wildman–Crippen MR) is 95.1 cm³/mol. The van der Waals surface area contributed by atoms with Gasteiger partial charge in [-0.25, -0.2) is 4.79 Å². The maximum absolute atomic E-state index is 12.6. The smallest absolute Gasteiger partial charge is 0.416 e. The number of alkyl halides is 3. The SMILES string of the molecule is CC1(C)COC(=O)N[C@@H]1c1ccc(-c2ccc(C(F)(F)F)cc2)cc1.Cl. The van der Waals surface area contributed by atoms with E-state index >= 15 is 0 Å². The van der Waals surface area contributed by atoms with Gasteiger partial charge in [0, 0.05) is 5.41 Å². The fourth-order valence-electron chi connectivity index (χ4n) is 2.94. The van der Waals surface area contributed by atoms with Crippen molar-refractivity contribution in [2.24, 2.45) is 5.41 Å². The molecule has 1 atom stereocenters. The molecule has 2 aromatic carbocycles. The Morgan fingerprint density at radius 3 is 2.00 bits per heavy atom. The van der Waals surface area contributed by atoms with Gasteiger partial charge in [-0.1, -0.05) is 50.2 Å². The van der Waals surface area contributed by atoms with Crippen molar-refractivity contribution in [3.63, 3.8) is 0 Å². The summed E-state index contributed by atoms with van der Waals surface area (Å²) in [4.78, 5) is 11.5. The number of halogens is 4. The van der Waals surface area contributed by atoms with Crippen LogP contribution < -0.4 is 5.32 Å². The lowest BCUT2D eigenvalue weighted by molar-refractivity contribution is -0.137. The number of nitrogens with one attached hydrogen (secondary N) is 1. The van der Waals surface area contributed by atoms with Crippen LogP contribution >= 0.6 is 12.4 Å². The summed E-state index contributed by atoms with van der Waals surface area (Å²) in [6.07, 6.45) is -4.79. The molecule has 0 unspecified atom stereocenters. The van der Waals surface area contributed by atoms with E-state index in [0.29, 0.717) is 12.2 Å².